The summed E-state index contributed by atoms with van der Waals surface area (Å²) < 4.78 is 43.1. The number of pyridine rings is 1. The number of piperidine rings is 1. The van der Waals surface area contributed by atoms with Crippen LogP contribution in [0.1, 0.15) is 19.3 Å². The predicted octanol–water partition coefficient (Wildman–Crippen LogP) is 2.82. The third kappa shape index (κ3) is 3.64. The molecule has 2 aliphatic rings. The Balaban J connectivity index is 1.42. The van der Waals surface area contributed by atoms with E-state index in [1.807, 2.05) is 6.07 Å². The molecule has 2 aliphatic heterocycles. The van der Waals surface area contributed by atoms with Gasteiger partial charge in [-0.2, -0.15) is 4.68 Å². The van der Waals surface area contributed by atoms with Gasteiger partial charge in [-0.3, -0.25) is 4.79 Å². The fraction of sp³-hybridized carbons (Fsp3) is 0.400. The summed E-state index contributed by atoms with van der Waals surface area (Å²) in [6, 6.07) is 9.14. The van der Waals surface area contributed by atoms with E-state index in [9.17, 15) is 18.0 Å². The molecular weight excluding hydrogens is 413 g/mol. The molecule has 1 N–H and O–H groups in total. The molecule has 2 saturated heterocycles. The van der Waals surface area contributed by atoms with Gasteiger partial charge in [0.2, 0.25) is 5.91 Å². The minimum absolute atomic E-state index is 0.138. The van der Waals surface area contributed by atoms with Gasteiger partial charge in [0.15, 0.2) is 5.65 Å². The zero-order valence-electron chi connectivity index (χ0n) is 16.4. The second kappa shape index (κ2) is 7.10. The van der Waals surface area contributed by atoms with Crippen LogP contribution in [-0.2, 0) is 4.79 Å². The van der Waals surface area contributed by atoms with Crippen molar-refractivity contribution in [3.8, 4) is 11.4 Å². The number of aromatic nitrogens is 4. The quantitative estimate of drug-likeness (QED) is 0.685. The molecule has 1 spiro atoms. The van der Waals surface area contributed by atoms with Crippen molar-refractivity contribution in [1.29, 1.82) is 0 Å². The number of carbonyl (C=O) groups excluding carboxylic acids is 1. The molecule has 4 heterocycles. The number of amides is 1. The molecule has 2 fully saturated rings. The summed E-state index contributed by atoms with van der Waals surface area (Å²) in [7, 11) is 0. The number of halogens is 3. The van der Waals surface area contributed by atoms with Gasteiger partial charge in [-0.05, 0) is 43.5 Å². The minimum atomic E-state index is -4.78. The van der Waals surface area contributed by atoms with Crippen molar-refractivity contribution in [2.75, 3.05) is 24.5 Å². The Morgan fingerprint density at radius 3 is 2.61 bits per heavy atom. The third-order valence-electron chi connectivity index (χ3n) is 5.99. The second-order valence-corrected chi connectivity index (χ2v) is 7.83. The molecular formula is C20H19F3N6O2. The zero-order chi connectivity index (χ0) is 21.6. The third-order valence-corrected chi connectivity index (χ3v) is 5.99. The van der Waals surface area contributed by atoms with E-state index in [1.54, 1.807) is 12.1 Å². The summed E-state index contributed by atoms with van der Waals surface area (Å²) in [6.45, 7) is 2.12. The molecule has 1 amide bonds. The summed E-state index contributed by atoms with van der Waals surface area (Å²) >= 11 is 0. The van der Waals surface area contributed by atoms with Gasteiger partial charge in [-0.25, -0.2) is 4.98 Å². The van der Waals surface area contributed by atoms with Crippen molar-refractivity contribution < 1.29 is 22.7 Å². The van der Waals surface area contributed by atoms with Crippen molar-refractivity contribution in [1.82, 2.24) is 25.3 Å². The van der Waals surface area contributed by atoms with Crippen molar-refractivity contribution in [2.24, 2.45) is 5.41 Å². The van der Waals surface area contributed by atoms with Crippen molar-refractivity contribution >= 4 is 22.9 Å². The van der Waals surface area contributed by atoms with Crippen LogP contribution >= 0.6 is 0 Å². The molecule has 0 aliphatic carbocycles. The Morgan fingerprint density at radius 2 is 1.90 bits per heavy atom. The summed E-state index contributed by atoms with van der Waals surface area (Å²) in [5, 5.41) is 11.0. The molecule has 162 valence electrons. The molecule has 8 nitrogen and oxygen atoms in total. The molecule has 31 heavy (non-hydrogen) atoms. The highest BCUT2D eigenvalue weighted by molar-refractivity contribution is 5.85. The largest absolute Gasteiger partial charge is 0.573 e. The predicted molar refractivity (Wildman–Crippen MR) is 105 cm³/mol. The number of anilines is 1. The Morgan fingerprint density at radius 1 is 1.10 bits per heavy atom. The van der Waals surface area contributed by atoms with Gasteiger partial charge >= 0.3 is 6.36 Å². The van der Waals surface area contributed by atoms with Gasteiger partial charge < -0.3 is 15.0 Å². The maximum absolute atomic E-state index is 12.6. The first-order valence-electron chi connectivity index (χ1n) is 9.95. The molecule has 0 atom stereocenters. The van der Waals surface area contributed by atoms with Gasteiger partial charge in [0, 0.05) is 25.7 Å². The Labute approximate surface area is 175 Å². The lowest BCUT2D eigenvalue weighted by molar-refractivity contribution is -0.274. The van der Waals surface area contributed by atoms with Gasteiger partial charge in [-0.15, -0.1) is 18.3 Å². The highest BCUT2D eigenvalue weighted by Gasteiger charge is 2.44. The first-order chi connectivity index (χ1) is 14.8. The fourth-order valence-corrected chi connectivity index (χ4v) is 4.32. The number of fused-ring (bicyclic) bond motifs is 1. The molecule has 3 aromatic rings. The van der Waals surface area contributed by atoms with Crippen LogP contribution in [0.4, 0.5) is 19.0 Å². The Hall–Kier alpha value is -3.37. The molecule has 1 aromatic carbocycles. The minimum Gasteiger partial charge on any atom is -0.406 e. The number of hydrogen-bond acceptors (Lipinski definition) is 6. The SMILES string of the molecule is O=C1NCCC12CCN(c1ccc3nnn(-c4cccc(OC(F)(F)F)c4)c3n1)CC2. The number of carbonyl (C=O) groups is 1. The molecule has 0 bridgehead atoms. The highest BCUT2D eigenvalue weighted by atomic mass is 19.4. The number of nitrogens with zero attached hydrogens (tertiary/aromatic N) is 5. The van der Waals surface area contributed by atoms with Gasteiger partial charge in [0.1, 0.15) is 17.1 Å². The van der Waals surface area contributed by atoms with E-state index in [4.69, 9.17) is 0 Å². The van der Waals surface area contributed by atoms with E-state index in [2.05, 4.69) is 30.2 Å². The number of rotatable bonds is 3. The van der Waals surface area contributed by atoms with Crippen LogP contribution in [0.5, 0.6) is 5.75 Å². The number of benzene rings is 1. The van der Waals surface area contributed by atoms with Crippen molar-refractivity contribution in [2.45, 2.75) is 25.6 Å². The highest BCUT2D eigenvalue weighted by Crippen LogP contribution is 2.39. The maximum atomic E-state index is 12.6. The monoisotopic (exact) mass is 432 g/mol. The normalized spacial score (nSPS) is 18.5. The van der Waals surface area contributed by atoms with Crippen LogP contribution < -0.4 is 15.0 Å². The summed E-state index contributed by atoms with van der Waals surface area (Å²) in [5.74, 6) is 0.506. The van der Waals surface area contributed by atoms with E-state index in [0.717, 1.165) is 25.8 Å². The molecule has 11 heteroatoms. The Bertz CT molecular complexity index is 1140. The Kier molecular flexibility index (Phi) is 4.49. The van der Waals surface area contributed by atoms with Gasteiger partial charge in [-0.1, -0.05) is 11.3 Å². The lowest BCUT2D eigenvalue weighted by atomic mass is 9.77. The van der Waals surface area contributed by atoms with Crippen LogP contribution in [0.25, 0.3) is 16.9 Å². The average molecular weight is 432 g/mol. The first kappa shape index (κ1) is 19.6. The average Bonchev–Trinajstić information content (AvgIpc) is 3.31. The molecule has 2 aromatic heterocycles. The summed E-state index contributed by atoms with van der Waals surface area (Å²) in [6.07, 6.45) is -2.41. The molecule has 0 radical (unpaired) electrons. The fourth-order valence-electron chi connectivity index (χ4n) is 4.32. The second-order valence-electron chi connectivity index (χ2n) is 7.83. The zero-order valence-corrected chi connectivity index (χ0v) is 16.4. The van der Waals surface area contributed by atoms with Crippen LogP contribution in [0.15, 0.2) is 36.4 Å². The lowest BCUT2D eigenvalue weighted by Gasteiger charge is -2.37. The summed E-state index contributed by atoms with van der Waals surface area (Å²) in [5.41, 5.74) is 1.03. The maximum Gasteiger partial charge on any atom is 0.573 e. The molecule has 5 rings (SSSR count). The number of alkyl halides is 3. The van der Waals surface area contributed by atoms with Crippen LogP contribution in [0.2, 0.25) is 0 Å². The molecule has 0 unspecified atom stereocenters. The van der Waals surface area contributed by atoms with E-state index < -0.39 is 6.36 Å². The van der Waals surface area contributed by atoms with Crippen molar-refractivity contribution in [3.05, 3.63) is 36.4 Å². The van der Waals surface area contributed by atoms with E-state index in [-0.39, 0.29) is 17.1 Å². The number of hydrogen-bond donors (Lipinski definition) is 1. The van der Waals surface area contributed by atoms with Crippen LogP contribution in [0, 0.1) is 5.41 Å². The van der Waals surface area contributed by atoms with Crippen LogP contribution in [-0.4, -0.2) is 51.9 Å². The number of nitrogens with one attached hydrogen (secondary N) is 1. The van der Waals surface area contributed by atoms with Gasteiger partial charge in [0.25, 0.3) is 0 Å². The van der Waals surface area contributed by atoms with Crippen molar-refractivity contribution in [3.63, 3.8) is 0 Å². The first-order valence-corrected chi connectivity index (χ1v) is 9.95. The smallest absolute Gasteiger partial charge is 0.406 e. The topological polar surface area (TPSA) is 85.2 Å². The standard InChI is InChI=1S/C20H19F3N6O2/c21-20(22,23)31-14-3-1-2-13(12-14)29-17-15(26-27-29)4-5-16(25-17)28-10-7-19(8-11-28)6-9-24-18(19)30/h1-5,12H,6-11H2,(H,24,30). The molecule has 0 saturated carbocycles. The summed E-state index contributed by atoms with van der Waals surface area (Å²) in [4.78, 5) is 19.0. The van der Waals surface area contributed by atoms with Gasteiger partial charge in [0.05, 0.1) is 11.1 Å². The number of ether oxygens (including phenoxy) is 1. The van der Waals surface area contributed by atoms with E-state index in [0.29, 0.717) is 35.8 Å². The van der Waals surface area contributed by atoms with E-state index in [1.165, 1.54) is 22.9 Å². The lowest BCUT2D eigenvalue weighted by Crippen LogP contribution is -2.44. The van der Waals surface area contributed by atoms with Crippen LogP contribution in [0.3, 0.4) is 0 Å². The van der Waals surface area contributed by atoms with E-state index >= 15 is 0 Å².